The van der Waals surface area contributed by atoms with Crippen molar-refractivity contribution in [3.05, 3.63) is 0 Å². The number of nitrogens with two attached hydrogens (primary N) is 1. The highest BCUT2D eigenvalue weighted by atomic mass is 16.6. The molecule has 2 amide bonds. The second kappa shape index (κ2) is 9.97. The zero-order valence-electron chi connectivity index (χ0n) is 17.0. The minimum atomic E-state index is -0.500. The van der Waals surface area contributed by atoms with Crippen LogP contribution in [0.5, 0.6) is 0 Å². The van der Waals surface area contributed by atoms with Gasteiger partial charge in [0.2, 0.25) is 0 Å². The standard InChI is InChI=1S/C18H36N4O4/c1-7-15(21-16(23)25-12(2)3)22(19)14-10-8-13(9-11-14)20-17(24)26-18(4,5)6/h12-15H,7-11,19H2,1-6H3,(H,20,24)(H,21,23). The van der Waals surface area contributed by atoms with Crippen LogP contribution in [0.15, 0.2) is 0 Å². The van der Waals surface area contributed by atoms with E-state index in [4.69, 9.17) is 15.3 Å². The molecule has 0 aromatic rings. The summed E-state index contributed by atoms with van der Waals surface area (Å²) in [7, 11) is 0. The first kappa shape index (κ1) is 22.5. The maximum absolute atomic E-state index is 11.9. The van der Waals surface area contributed by atoms with Crippen molar-refractivity contribution in [2.75, 3.05) is 0 Å². The van der Waals surface area contributed by atoms with E-state index < -0.39 is 11.7 Å². The number of hydrogen-bond donors (Lipinski definition) is 3. The normalized spacial score (nSPS) is 22.0. The quantitative estimate of drug-likeness (QED) is 0.376. The molecule has 0 aromatic heterocycles. The van der Waals surface area contributed by atoms with Crippen LogP contribution in [0.3, 0.4) is 0 Å². The van der Waals surface area contributed by atoms with E-state index in [2.05, 4.69) is 10.6 Å². The second-order valence-corrected chi connectivity index (χ2v) is 8.12. The minimum Gasteiger partial charge on any atom is -0.447 e. The summed E-state index contributed by atoms with van der Waals surface area (Å²) < 4.78 is 10.4. The van der Waals surface area contributed by atoms with Gasteiger partial charge < -0.3 is 20.1 Å². The molecule has 152 valence electrons. The van der Waals surface area contributed by atoms with Crippen molar-refractivity contribution in [3.8, 4) is 0 Å². The summed E-state index contributed by atoms with van der Waals surface area (Å²) in [5.74, 6) is 6.26. The number of hydrazine groups is 1. The molecule has 1 fully saturated rings. The second-order valence-electron chi connectivity index (χ2n) is 8.12. The number of hydrogen-bond acceptors (Lipinski definition) is 6. The first-order valence-electron chi connectivity index (χ1n) is 9.51. The van der Waals surface area contributed by atoms with Crippen molar-refractivity contribution in [3.63, 3.8) is 0 Å². The van der Waals surface area contributed by atoms with E-state index in [0.717, 1.165) is 25.7 Å². The average Bonchev–Trinajstić information content (AvgIpc) is 2.50. The van der Waals surface area contributed by atoms with Gasteiger partial charge in [-0.2, -0.15) is 0 Å². The van der Waals surface area contributed by atoms with Gasteiger partial charge in [-0.3, -0.25) is 5.84 Å². The summed E-state index contributed by atoms with van der Waals surface area (Å²) in [5.41, 5.74) is -0.500. The molecular formula is C18H36N4O4. The first-order chi connectivity index (χ1) is 12.0. The molecule has 0 heterocycles. The molecule has 1 rings (SSSR count). The van der Waals surface area contributed by atoms with Gasteiger partial charge >= 0.3 is 12.2 Å². The molecule has 1 atom stereocenters. The van der Waals surface area contributed by atoms with Crippen LogP contribution < -0.4 is 16.5 Å². The summed E-state index contributed by atoms with van der Waals surface area (Å²) in [6, 6.07) is 0.240. The van der Waals surface area contributed by atoms with Crippen LogP contribution in [0.25, 0.3) is 0 Å². The number of alkyl carbamates (subject to hydrolysis) is 2. The highest BCUT2D eigenvalue weighted by molar-refractivity contribution is 5.68. The molecule has 8 heteroatoms. The molecule has 0 saturated heterocycles. The number of carbonyl (C=O) groups excluding carboxylic acids is 2. The highest BCUT2D eigenvalue weighted by Crippen LogP contribution is 2.23. The summed E-state index contributed by atoms with van der Waals surface area (Å²) in [4.78, 5) is 23.7. The molecular weight excluding hydrogens is 336 g/mol. The molecule has 26 heavy (non-hydrogen) atoms. The van der Waals surface area contributed by atoms with Crippen molar-refractivity contribution in [1.29, 1.82) is 0 Å². The Morgan fingerprint density at radius 2 is 1.73 bits per heavy atom. The van der Waals surface area contributed by atoms with E-state index in [-0.39, 0.29) is 30.4 Å². The number of nitrogens with zero attached hydrogens (tertiary/aromatic N) is 1. The Morgan fingerprint density at radius 3 is 2.19 bits per heavy atom. The van der Waals surface area contributed by atoms with Gasteiger partial charge in [-0.15, -0.1) is 0 Å². The van der Waals surface area contributed by atoms with Gasteiger partial charge in [0.15, 0.2) is 0 Å². The molecule has 1 unspecified atom stereocenters. The van der Waals surface area contributed by atoms with Crippen LogP contribution in [0.2, 0.25) is 0 Å². The molecule has 0 radical (unpaired) electrons. The Morgan fingerprint density at radius 1 is 1.15 bits per heavy atom. The molecule has 8 nitrogen and oxygen atoms in total. The third kappa shape index (κ3) is 8.23. The topological polar surface area (TPSA) is 106 Å². The number of nitrogens with one attached hydrogen (secondary N) is 2. The first-order valence-corrected chi connectivity index (χ1v) is 9.51. The molecule has 0 spiro atoms. The Bertz CT molecular complexity index is 457. The van der Waals surface area contributed by atoms with Crippen LogP contribution in [0, 0.1) is 0 Å². The summed E-state index contributed by atoms with van der Waals surface area (Å²) in [6.07, 6.45) is 2.73. The zero-order valence-corrected chi connectivity index (χ0v) is 17.0. The third-order valence-corrected chi connectivity index (χ3v) is 4.21. The number of rotatable bonds is 6. The maximum atomic E-state index is 11.9. The molecule has 1 aliphatic rings. The Balaban J connectivity index is 2.45. The largest absolute Gasteiger partial charge is 0.447 e. The van der Waals surface area contributed by atoms with Crippen LogP contribution in [-0.4, -0.2) is 47.1 Å². The van der Waals surface area contributed by atoms with Gasteiger partial charge in [0.25, 0.3) is 0 Å². The lowest BCUT2D eigenvalue weighted by molar-refractivity contribution is 0.0421. The fourth-order valence-corrected chi connectivity index (χ4v) is 3.02. The highest BCUT2D eigenvalue weighted by Gasteiger charge is 2.30. The Hall–Kier alpha value is -1.54. The SMILES string of the molecule is CCC(NC(=O)OC(C)C)N(N)C1CCC(NC(=O)OC(C)(C)C)CC1. The maximum Gasteiger partial charge on any atom is 0.408 e. The van der Waals surface area contributed by atoms with Gasteiger partial charge in [-0.1, -0.05) is 6.92 Å². The fourth-order valence-electron chi connectivity index (χ4n) is 3.02. The van der Waals surface area contributed by atoms with E-state index in [1.807, 2.05) is 27.7 Å². The predicted molar refractivity (Wildman–Crippen MR) is 100 cm³/mol. The van der Waals surface area contributed by atoms with Gasteiger partial charge in [-0.05, 0) is 66.7 Å². The fraction of sp³-hybridized carbons (Fsp3) is 0.889. The van der Waals surface area contributed by atoms with Crippen LogP contribution in [0.1, 0.15) is 73.6 Å². The van der Waals surface area contributed by atoms with E-state index in [0.29, 0.717) is 6.42 Å². The van der Waals surface area contributed by atoms with Gasteiger partial charge in [-0.25, -0.2) is 14.6 Å². The monoisotopic (exact) mass is 372 g/mol. The number of carbonyl (C=O) groups is 2. The van der Waals surface area contributed by atoms with Crippen molar-refractivity contribution in [2.45, 2.75) is 104 Å². The average molecular weight is 373 g/mol. The van der Waals surface area contributed by atoms with E-state index in [1.54, 1.807) is 18.9 Å². The molecule has 1 aliphatic carbocycles. The van der Waals surface area contributed by atoms with Gasteiger partial charge in [0, 0.05) is 12.1 Å². The number of amides is 2. The lowest BCUT2D eigenvalue weighted by Crippen LogP contribution is -2.57. The minimum absolute atomic E-state index is 0.0911. The van der Waals surface area contributed by atoms with Crippen LogP contribution >= 0.6 is 0 Å². The van der Waals surface area contributed by atoms with Crippen molar-refractivity contribution in [1.82, 2.24) is 15.6 Å². The van der Waals surface area contributed by atoms with Crippen LogP contribution in [0.4, 0.5) is 9.59 Å². The molecule has 0 aliphatic heterocycles. The Labute approximate surface area is 157 Å². The smallest absolute Gasteiger partial charge is 0.408 e. The van der Waals surface area contributed by atoms with E-state index in [9.17, 15) is 9.59 Å². The van der Waals surface area contributed by atoms with Gasteiger partial charge in [0.1, 0.15) is 5.60 Å². The Kier molecular flexibility index (Phi) is 8.62. The predicted octanol–water partition coefficient (Wildman–Crippen LogP) is 2.87. The van der Waals surface area contributed by atoms with Crippen molar-refractivity contribution in [2.24, 2.45) is 5.84 Å². The summed E-state index contributed by atoms with van der Waals surface area (Å²) in [6.45, 7) is 11.1. The van der Waals surface area contributed by atoms with Crippen molar-refractivity contribution < 1.29 is 19.1 Å². The lowest BCUT2D eigenvalue weighted by Gasteiger charge is -2.38. The molecule has 0 bridgehead atoms. The van der Waals surface area contributed by atoms with E-state index in [1.165, 1.54) is 0 Å². The number of ether oxygens (including phenoxy) is 2. The zero-order chi connectivity index (χ0) is 19.9. The third-order valence-electron chi connectivity index (χ3n) is 4.21. The van der Waals surface area contributed by atoms with Gasteiger partial charge in [0.05, 0.1) is 12.3 Å². The summed E-state index contributed by atoms with van der Waals surface area (Å²) in [5, 5.41) is 7.45. The molecule has 4 N–H and O–H groups in total. The van der Waals surface area contributed by atoms with Crippen molar-refractivity contribution >= 4 is 12.2 Å². The summed E-state index contributed by atoms with van der Waals surface area (Å²) >= 11 is 0. The molecule has 0 aromatic carbocycles. The lowest BCUT2D eigenvalue weighted by atomic mass is 9.90. The van der Waals surface area contributed by atoms with Crippen LogP contribution in [-0.2, 0) is 9.47 Å². The molecule has 1 saturated carbocycles. The van der Waals surface area contributed by atoms with E-state index >= 15 is 0 Å².